The van der Waals surface area contributed by atoms with Crippen LogP contribution >= 0.6 is 22.9 Å². The highest BCUT2D eigenvalue weighted by Gasteiger charge is 2.21. The number of aryl methyl sites for hydroxylation is 1. The Labute approximate surface area is 163 Å². The molecule has 3 aromatic rings. The molecule has 3 nitrogen and oxygen atoms in total. The summed E-state index contributed by atoms with van der Waals surface area (Å²) >= 11 is 7.90. The third kappa shape index (κ3) is 4.09. The van der Waals surface area contributed by atoms with Crippen LogP contribution < -0.4 is 9.80 Å². The molecule has 0 amide bonds. The number of rotatable bonds is 4. The fraction of sp³-hybridized carbons (Fsp3) is 0.286. The number of halogens is 1. The van der Waals surface area contributed by atoms with E-state index in [1.54, 1.807) is 16.2 Å². The minimum absolute atomic E-state index is 0.809. The largest absolute Gasteiger partial charge is 0.360 e. The second-order valence-electron chi connectivity index (χ2n) is 6.89. The second kappa shape index (κ2) is 7.78. The Bertz CT molecular complexity index is 867. The van der Waals surface area contributed by atoms with E-state index in [2.05, 4.69) is 53.6 Å². The van der Waals surface area contributed by atoms with Gasteiger partial charge in [0.2, 0.25) is 0 Å². The first kappa shape index (κ1) is 17.5. The predicted octanol–water partition coefficient (Wildman–Crippen LogP) is 3.68. The lowest BCUT2D eigenvalue weighted by Crippen LogP contribution is -3.13. The van der Waals surface area contributed by atoms with Crippen LogP contribution in [0.5, 0.6) is 0 Å². The summed E-state index contributed by atoms with van der Waals surface area (Å²) in [6, 6.07) is 16.8. The van der Waals surface area contributed by atoms with E-state index in [9.17, 15) is 0 Å². The molecule has 134 valence electrons. The Morgan fingerprint density at radius 1 is 1.12 bits per heavy atom. The molecule has 4 rings (SSSR count). The molecule has 5 heteroatoms. The quantitative estimate of drug-likeness (QED) is 0.740. The Kier molecular flexibility index (Phi) is 5.25. The van der Waals surface area contributed by atoms with Crippen LogP contribution in [0.15, 0.2) is 53.9 Å². The lowest BCUT2D eigenvalue weighted by molar-refractivity contribution is -0.914. The molecule has 0 spiro atoms. The minimum Gasteiger partial charge on any atom is -0.360 e. The number of anilines is 1. The summed E-state index contributed by atoms with van der Waals surface area (Å²) in [5, 5.41) is 4.22. The molecule has 1 aliphatic heterocycles. The maximum Gasteiger partial charge on any atom is 0.148 e. The number of nitrogens with zero attached hydrogens (tertiary/aromatic N) is 2. The molecular formula is C21H23ClN3S+. The van der Waals surface area contributed by atoms with Crippen molar-refractivity contribution in [2.45, 2.75) is 13.5 Å². The van der Waals surface area contributed by atoms with Gasteiger partial charge in [0.05, 0.1) is 31.9 Å². The Morgan fingerprint density at radius 2 is 1.88 bits per heavy atom. The summed E-state index contributed by atoms with van der Waals surface area (Å²) in [6.45, 7) is 7.51. The molecule has 0 radical (unpaired) electrons. The van der Waals surface area contributed by atoms with Crippen molar-refractivity contribution in [3.63, 3.8) is 0 Å². The zero-order valence-electron chi connectivity index (χ0n) is 14.9. The van der Waals surface area contributed by atoms with Crippen molar-refractivity contribution in [3.8, 4) is 11.3 Å². The van der Waals surface area contributed by atoms with E-state index in [-0.39, 0.29) is 0 Å². The summed E-state index contributed by atoms with van der Waals surface area (Å²) < 4.78 is 0. The van der Waals surface area contributed by atoms with Crippen molar-refractivity contribution in [1.29, 1.82) is 0 Å². The minimum atomic E-state index is 0.809. The maximum atomic E-state index is 6.12. The zero-order chi connectivity index (χ0) is 17.9. The zero-order valence-corrected chi connectivity index (χ0v) is 16.5. The van der Waals surface area contributed by atoms with Gasteiger partial charge in [-0.3, -0.25) is 0 Å². The van der Waals surface area contributed by atoms with Crippen LogP contribution in [0.3, 0.4) is 0 Å². The third-order valence-corrected chi connectivity index (χ3v) is 6.03. The van der Waals surface area contributed by atoms with Gasteiger partial charge in [0.1, 0.15) is 11.6 Å². The van der Waals surface area contributed by atoms with Crippen molar-refractivity contribution in [2.75, 3.05) is 31.1 Å². The van der Waals surface area contributed by atoms with Crippen LogP contribution in [0.1, 0.15) is 10.6 Å². The SMILES string of the molecule is Cc1ccc(-c2csc(C[NH+]3CCN(c4cccc(Cl)c4)CC3)n2)cc1. The van der Waals surface area contributed by atoms with Gasteiger partial charge in [-0.2, -0.15) is 0 Å². The van der Waals surface area contributed by atoms with Gasteiger partial charge in [0.15, 0.2) is 0 Å². The fourth-order valence-corrected chi connectivity index (χ4v) is 4.45. The van der Waals surface area contributed by atoms with E-state index in [0.29, 0.717) is 0 Å². The van der Waals surface area contributed by atoms with Crippen molar-refractivity contribution >= 4 is 28.6 Å². The molecule has 0 saturated carbocycles. The number of nitrogens with one attached hydrogen (secondary N) is 1. The van der Waals surface area contributed by atoms with Crippen LogP contribution in [0.25, 0.3) is 11.3 Å². The van der Waals surface area contributed by atoms with Crippen molar-refractivity contribution < 1.29 is 4.90 Å². The maximum absolute atomic E-state index is 6.12. The van der Waals surface area contributed by atoms with Crippen LogP contribution in [-0.2, 0) is 6.54 Å². The van der Waals surface area contributed by atoms with Crippen molar-refractivity contribution in [3.05, 3.63) is 69.5 Å². The highest BCUT2D eigenvalue weighted by Crippen LogP contribution is 2.22. The molecule has 0 unspecified atom stereocenters. The van der Waals surface area contributed by atoms with E-state index < -0.39 is 0 Å². The van der Waals surface area contributed by atoms with Gasteiger partial charge in [-0.15, -0.1) is 11.3 Å². The van der Waals surface area contributed by atoms with Gasteiger partial charge in [0.25, 0.3) is 0 Å². The number of hydrogen-bond donors (Lipinski definition) is 1. The molecule has 1 aromatic heterocycles. The summed E-state index contributed by atoms with van der Waals surface area (Å²) in [7, 11) is 0. The van der Waals surface area contributed by atoms with E-state index in [0.717, 1.165) is 43.4 Å². The molecule has 1 aliphatic rings. The van der Waals surface area contributed by atoms with Crippen LogP contribution in [0.4, 0.5) is 5.69 Å². The summed E-state index contributed by atoms with van der Waals surface area (Å²) in [5.74, 6) is 0. The molecule has 26 heavy (non-hydrogen) atoms. The van der Waals surface area contributed by atoms with Gasteiger partial charge in [-0.25, -0.2) is 4.98 Å². The van der Waals surface area contributed by atoms with Crippen LogP contribution in [0.2, 0.25) is 5.02 Å². The van der Waals surface area contributed by atoms with Crippen molar-refractivity contribution in [1.82, 2.24) is 4.98 Å². The van der Waals surface area contributed by atoms with Gasteiger partial charge >= 0.3 is 0 Å². The first-order chi connectivity index (χ1) is 12.7. The molecular weight excluding hydrogens is 362 g/mol. The van der Waals surface area contributed by atoms with Crippen LogP contribution in [0, 0.1) is 6.92 Å². The normalized spacial score (nSPS) is 15.4. The highest BCUT2D eigenvalue weighted by molar-refractivity contribution is 7.09. The monoisotopic (exact) mass is 384 g/mol. The number of hydrogen-bond acceptors (Lipinski definition) is 3. The van der Waals surface area contributed by atoms with Gasteiger partial charge in [-0.05, 0) is 25.1 Å². The number of piperazine rings is 1. The van der Waals surface area contributed by atoms with Gasteiger partial charge < -0.3 is 9.80 Å². The topological polar surface area (TPSA) is 20.6 Å². The fourth-order valence-electron chi connectivity index (χ4n) is 3.39. The molecule has 1 N–H and O–H groups in total. The number of quaternary nitrogens is 1. The van der Waals surface area contributed by atoms with E-state index >= 15 is 0 Å². The molecule has 1 fully saturated rings. The van der Waals surface area contributed by atoms with Crippen LogP contribution in [-0.4, -0.2) is 31.2 Å². The second-order valence-corrected chi connectivity index (χ2v) is 8.27. The van der Waals surface area contributed by atoms with Gasteiger partial charge in [-0.1, -0.05) is 47.5 Å². The first-order valence-electron chi connectivity index (χ1n) is 9.03. The number of thiazole rings is 1. The summed E-state index contributed by atoms with van der Waals surface area (Å²) in [5.41, 5.74) is 4.82. The smallest absolute Gasteiger partial charge is 0.148 e. The molecule has 0 aliphatic carbocycles. The molecule has 2 heterocycles. The molecule has 1 saturated heterocycles. The lowest BCUT2D eigenvalue weighted by atomic mass is 10.1. The first-order valence-corrected chi connectivity index (χ1v) is 10.3. The summed E-state index contributed by atoms with van der Waals surface area (Å²) in [6.07, 6.45) is 0. The molecule has 0 atom stereocenters. The van der Waals surface area contributed by atoms with Gasteiger partial charge in [0, 0.05) is 21.7 Å². The van der Waals surface area contributed by atoms with E-state index in [1.807, 2.05) is 12.1 Å². The Balaban J connectivity index is 1.35. The standard InChI is InChI=1S/C21H22ClN3S/c1-16-5-7-17(8-6-16)20-15-26-21(23-20)14-24-9-11-25(12-10-24)19-4-2-3-18(22)13-19/h2-8,13,15H,9-12,14H2,1H3/p+1. The average Bonchev–Trinajstić information content (AvgIpc) is 3.11. The summed E-state index contributed by atoms with van der Waals surface area (Å²) in [4.78, 5) is 8.89. The highest BCUT2D eigenvalue weighted by atomic mass is 35.5. The average molecular weight is 385 g/mol. The number of benzene rings is 2. The van der Waals surface area contributed by atoms with E-state index in [1.165, 1.54) is 21.8 Å². The Morgan fingerprint density at radius 3 is 2.62 bits per heavy atom. The Hall–Kier alpha value is -1.88. The third-order valence-electron chi connectivity index (χ3n) is 4.94. The molecule has 0 bridgehead atoms. The number of aromatic nitrogens is 1. The van der Waals surface area contributed by atoms with Crippen molar-refractivity contribution in [2.24, 2.45) is 0 Å². The predicted molar refractivity (Wildman–Crippen MR) is 110 cm³/mol. The molecule has 2 aromatic carbocycles. The van der Waals surface area contributed by atoms with E-state index in [4.69, 9.17) is 16.6 Å². The lowest BCUT2D eigenvalue weighted by Gasteiger charge is -2.33.